The molecule has 11 heteroatoms. The van der Waals surface area contributed by atoms with Crippen molar-refractivity contribution in [3.63, 3.8) is 0 Å². The van der Waals surface area contributed by atoms with Gasteiger partial charge in [-0.25, -0.2) is 0 Å². The third kappa shape index (κ3) is 5.28. The number of nitrogens with one attached hydrogen (secondary N) is 3. The van der Waals surface area contributed by atoms with Crippen LogP contribution in [-0.2, 0) is 19.1 Å². The molecule has 2 aromatic rings. The summed E-state index contributed by atoms with van der Waals surface area (Å²) in [6.07, 6.45) is 0.956. The lowest BCUT2D eigenvalue weighted by molar-refractivity contribution is -0.148. The van der Waals surface area contributed by atoms with Crippen LogP contribution in [0.2, 0.25) is 0 Å². The molecule has 0 spiro atoms. The minimum atomic E-state index is -1.01. The highest BCUT2D eigenvalue weighted by molar-refractivity contribution is 6.05. The molecule has 1 aromatic heterocycles. The number of aromatic nitrogens is 2. The number of hydrogen-bond donors (Lipinski definition) is 3. The lowest BCUT2D eigenvalue weighted by atomic mass is 9.92. The number of nitrogens with zero attached hydrogens (tertiary/aromatic N) is 2. The fourth-order valence-electron chi connectivity index (χ4n) is 4.39. The minimum absolute atomic E-state index is 0.0748. The second-order valence-corrected chi connectivity index (χ2v) is 8.39. The van der Waals surface area contributed by atoms with Crippen molar-refractivity contribution in [3.8, 4) is 5.75 Å². The Morgan fingerprint density at radius 2 is 1.89 bits per heavy atom. The molecule has 35 heavy (non-hydrogen) atoms. The predicted octanol–water partition coefficient (Wildman–Crippen LogP) is 2.01. The second kappa shape index (κ2) is 10.6. The number of H-pyrrole nitrogens is 1. The van der Waals surface area contributed by atoms with Crippen molar-refractivity contribution in [2.45, 2.75) is 39.0 Å². The first kappa shape index (κ1) is 24.2. The van der Waals surface area contributed by atoms with Gasteiger partial charge in [0.2, 0.25) is 17.8 Å². The largest absolute Gasteiger partial charge is 0.492 e. The summed E-state index contributed by atoms with van der Waals surface area (Å²) < 4.78 is 10.7. The van der Waals surface area contributed by atoms with Crippen LogP contribution in [0.25, 0.3) is 0 Å². The monoisotopic (exact) mass is 483 g/mol. The van der Waals surface area contributed by atoms with Gasteiger partial charge in [0.05, 0.1) is 36.3 Å². The molecule has 0 unspecified atom stereocenters. The number of aromatic amines is 1. The number of benzene rings is 1. The van der Waals surface area contributed by atoms with Crippen LogP contribution in [0.4, 0.5) is 17.5 Å². The van der Waals surface area contributed by atoms with Gasteiger partial charge in [0, 0.05) is 19.5 Å². The van der Waals surface area contributed by atoms with E-state index in [-0.39, 0.29) is 29.7 Å². The van der Waals surface area contributed by atoms with E-state index >= 15 is 0 Å². The summed E-state index contributed by atoms with van der Waals surface area (Å²) in [5, 5.41) is 5.41. The first-order chi connectivity index (χ1) is 16.9. The molecule has 1 saturated heterocycles. The van der Waals surface area contributed by atoms with Gasteiger partial charge < -0.3 is 25.0 Å². The van der Waals surface area contributed by atoms with E-state index in [1.807, 2.05) is 11.8 Å². The summed E-state index contributed by atoms with van der Waals surface area (Å²) in [6, 6.07) is 6.96. The van der Waals surface area contributed by atoms with Crippen LogP contribution in [-0.4, -0.2) is 54.1 Å². The molecule has 11 nitrogen and oxygen atoms in total. The van der Waals surface area contributed by atoms with Crippen LogP contribution >= 0.6 is 0 Å². The van der Waals surface area contributed by atoms with Gasteiger partial charge in [-0.2, -0.15) is 4.98 Å². The quantitative estimate of drug-likeness (QED) is 0.508. The Morgan fingerprint density at radius 3 is 2.60 bits per heavy atom. The molecule has 3 heterocycles. The number of esters is 1. The fourth-order valence-corrected chi connectivity index (χ4v) is 4.39. The Kier molecular flexibility index (Phi) is 7.33. The van der Waals surface area contributed by atoms with Gasteiger partial charge in [-0.3, -0.25) is 24.2 Å². The molecular formula is C24H29N5O6. The maximum absolute atomic E-state index is 13.1. The molecule has 0 saturated carbocycles. The zero-order valence-corrected chi connectivity index (χ0v) is 19.8. The number of hydrogen-bond acceptors (Lipinski definition) is 8. The molecule has 0 aliphatic carbocycles. The Bertz CT molecular complexity index is 1170. The summed E-state index contributed by atoms with van der Waals surface area (Å²) in [5.41, 5.74) is 0.0780. The first-order valence-electron chi connectivity index (χ1n) is 11.8. The highest BCUT2D eigenvalue weighted by Crippen LogP contribution is 2.32. The van der Waals surface area contributed by atoms with Crippen LogP contribution in [0.5, 0.6) is 5.75 Å². The van der Waals surface area contributed by atoms with Gasteiger partial charge in [0.1, 0.15) is 11.6 Å². The standard InChI is InChI=1S/C24H29N5O6/c1-3-34-17-8-6-5-7-16(17)25-21(31)15-13-18(30)26-20-19(15)22(32)28-24(27-20)29-11-9-14(10-12-29)23(33)35-4-2/h5-8,14-15H,3-4,9-13H2,1-2H3,(H,25,31)(H2,26,27,28,30,32)/t15-/m1/s1. The maximum atomic E-state index is 13.1. The van der Waals surface area contributed by atoms with Gasteiger partial charge in [-0.15, -0.1) is 0 Å². The number of rotatable bonds is 7. The minimum Gasteiger partial charge on any atom is -0.492 e. The highest BCUT2D eigenvalue weighted by atomic mass is 16.5. The molecule has 3 N–H and O–H groups in total. The van der Waals surface area contributed by atoms with Crippen LogP contribution in [0.1, 0.15) is 44.6 Å². The van der Waals surface area contributed by atoms with E-state index in [1.165, 1.54) is 0 Å². The fraction of sp³-hybridized carbons (Fsp3) is 0.458. The number of carbonyl (C=O) groups is 3. The van der Waals surface area contributed by atoms with E-state index in [4.69, 9.17) is 9.47 Å². The van der Waals surface area contributed by atoms with Gasteiger partial charge in [0.25, 0.3) is 5.56 Å². The third-order valence-corrected chi connectivity index (χ3v) is 6.11. The molecule has 1 atom stereocenters. The third-order valence-electron chi connectivity index (χ3n) is 6.11. The van der Waals surface area contributed by atoms with Crippen molar-refractivity contribution in [1.82, 2.24) is 9.97 Å². The molecule has 1 aromatic carbocycles. The number of anilines is 3. The highest BCUT2D eigenvalue weighted by Gasteiger charge is 2.36. The number of fused-ring (bicyclic) bond motifs is 1. The van der Waals surface area contributed by atoms with E-state index < -0.39 is 23.3 Å². The molecule has 186 valence electrons. The zero-order chi connectivity index (χ0) is 24.9. The van der Waals surface area contributed by atoms with Crippen molar-refractivity contribution < 1.29 is 23.9 Å². The van der Waals surface area contributed by atoms with Crippen molar-refractivity contribution in [1.29, 1.82) is 0 Å². The molecule has 1 fully saturated rings. The number of ether oxygens (including phenoxy) is 2. The van der Waals surface area contributed by atoms with Crippen molar-refractivity contribution in [2.24, 2.45) is 5.92 Å². The van der Waals surface area contributed by atoms with Crippen LogP contribution < -0.4 is 25.8 Å². The Hall–Kier alpha value is -3.89. The summed E-state index contributed by atoms with van der Waals surface area (Å²) in [4.78, 5) is 59.7. The van der Waals surface area contributed by atoms with Crippen LogP contribution in [0.15, 0.2) is 29.1 Å². The smallest absolute Gasteiger partial charge is 0.309 e. The molecule has 2 aliphatic heterocycles. The van der Waals surface area contributed by atoms with Gasteiger partial charge in [-0.1, -0.05) is 12.1 Å². The number of carbonyl (C=O) groups excluding carboxylic acids is 3. The lowest BCUT2D eigenvalue weighted by Crippen LogP contribution is -2.41. The summed E-state index contributed by atoms with van der Waals surface area (Å²) >= 11 is 0. The van der Waals surface area contributed by atoms with Crippen LogP contribution in [0.3, 0.4) is 0 Å². The summed E-state index contributed by atoms with van der Waals surface area (Å²) in [6.45, 7) is 5.36. The SMILES string of the molecule is CCOC(=O)C1CCN(c2nc3c(c(=O)[nH]2)[C@H](C(=O)Nc2ccccc2OCC)CC(=O)N3)CC1. The lowest BCUT2D eigenvalue weighted by Gasteiger charge is -2.32. The van der Waals surface area contributed by atoms with Crippen LogP contribution in [0, 0.1) is 5.92 Å². The maximum Gasteiger partial charge on any atom is 0.309 e. The molecule has 2 aliphatic rings. The van der Waals surface area contributed by atoms with Crippen molar-refractivity contribution in [3.05, 3.63) is 40.2 Å². The Labute approximate surface area is 202 Å². The number of para-hydroxylation sites is 2. The van der Waals surface area contributed by atoms with Gasteiger partial charge in [-0.05, 0) is 38.8 Å². The van der Waals surface area contributed by atoms with E-state index in [9.17, 15) is 19.2 Å². The average molecular weight is 484 g/mol. The number of amides is 2. The Balaban J connectivity index is 1.54. The number of piperidine rings is 1. The molecule has 0 bridgehead atoms. The van der Waals surface area contributed by atoms with E-state index in [2.05, 4.69) is 20.6 Å². The summed E-state index contributed by atoms with van der Waals surface area (Å²) in [5.74, 6) is -1.45. The average Bonchev–Trinajstić information content (AvgIpc) is 2.84. The van der Waals surface area contributed by atoms with Crippen molar-refractivity contribution >= 4 is 35.2 Å². The predicted molar refractivity (Wildman–Crippen MR) is 129 cm³/mol. The first-order valence-corrected chi connectivity index (χ1v) is 11.8. The van der Waals surface area contributed by atoms with Crippen molar-refractivity contribution in [2.75, 3.05) is 41.8 Å². The van der Waals surface area contributed by atoms with E-state index in [1.54, 1.807) is 31.2 Å². The normalized spacial score (nSPS) is 17.8. The second-order valence-electron chi connectivity index (χ2n) is 8.39. The topological polar surface area (TPSA) is 143 Å². The van der Waals surface area contributed by atoms with E-state index in [0.717, 1.165) is 0 Å². The molecule has 0 radical (unpaired) electrons. The summed E-state index contributed by atoms with van der Waals surface area (Å²) in [7, 11) is 0. The Morgan fingerprint density at radius 1 is 1.14 bits per heavy atom. The van der Waals surface area contributed by atoms with Gasteiger partial charge in [0.15, 0.2) is 0 Å². The molecule has 2 amide bonds. The zero-order valence-electron chi connectivity index (χ0n) is 19.8. The molecular weight excluding hydrogens is 454 g/mol. The van der Waals surface area contributed by atoms with E-state index in [0.29, 0.717) is 56.5 Å². The van der Waals surface area contributed by atoms with Gasteiger partial charge >= 0.3 is 5.97 Å². The molecule has 4 rings (SSSR count).